The van der Waals surface area contributed by atoms with Gasteiger partial charge >= 0.3 is 0 Å². The number of nitrogens with one attached hydrogen (secondary N) is 1. The number of halogens is 1. The zero-order chi connectivity index (χ0) is 15.0. The number of hydrogen-bond donors (Lipinski definition) is 1. The molecule has 1 aromatic carbocycles. The minimum absolute atomic E-state index is 0.304. The molecule has 1 aliphatic rings. The number of benzene rings is 1. The molecule has 0 bridgehead atoms. The first-order chi connectivity index (χ1) is 9.19. The van der Waals surface area contributed by atoms with Crippen LogP contribution < -0.4 is 5.32 Å². The molecule has 1 saturated carbocycles. The Morgan fingerprint density at radius 1 is 1.10 bits per heavy atom. The van der Waals surface area contributed by atoms with Gasteiger partial charge in [-0.25, -0.2) is 0 Å². The standard InChI is InChI=1S/C18H28ClN/c1-13(15-8-6-7-9-16(15)19)20-14-10-17(2,3)12-18(4,5)11-14/h6-9,13-14,20H,10-12H2,1-5H3. The number of rotatable bonds is 3. The zero-order valence-electron chi connectivity index (χ0n) is 13.5. The van der Waals surface area contributed by atoms with Gasteiger partial charge in [-0.2, -0.15) is 0 Å². The van der Waals surface area contributed by atoms with Crippen molar-refractivity contribution in [3.05, 3.63) is 34.9 Å². The second-order valence-electron chi connectivity index (χ2n) is 8.02. The molecule has 2 heteroatoms. The predicted molar refractivity (Wildman–Crippen MR) is 88.2 cm³/mol. The maximum Gasteiger partial charge on any atom is 0.0453 e. The third-order valence-corrected chi connectivity index (χ3v) is 4.76. The molecule has 0 aromatic heterocycles. The minimum Gasteiger partial charge on any atom is -0.307 e. The van der Waals surface area contributed by atoms with E-state index in [4.69, 9.17) is 11.6 Å². The van der Waals surface area contributed by atoms with Crippen LogP contribution in [0.4, 0.5) is 0 Å². The smallest absolute Gasteiger partial charge is 0.0453 e. The van der Waals surface area contributed by atoms with Crippen molar-refractivity contribution in [3.8, 4) is 0 Å². The van der Waals surface area contributed by atoms with Crippen molar-refractivity contribution in [3.63, 3.8) is 0 Å². The van der Waals surface area contributed by atoms with Crippen molar-refractivity contribution >= 4 is 11.6 Å². The second kappa shape index (κ2) is 5.69. The molecule has 0 aliphatic heterocycles. The molecule has 20 heavy (non-hydrogen) atoms. The minimum atomic E-state index is 0.304. The van der Waals surface area contributed by atoms with Crippen LogP contribution in [-0.4, -0.2) is 6.04 Å². The molecule has 0 spiro atoms. The summed E-state index contributed by atoms with van der Waals surface area (Å²) < 4.78 is 0. The van der Waals surface area contributed by atoms with E-state index < -0.39 is 0 Å². The van der Waals surface area contributed by atoms with Crippen LogP contribution in [0.5, 0.6) is 0 Å². The van der Waals surface area contributed by atoms with Crippen LogP contribution in [0.3, 0.4) is 0 Å². The fourth-order valence-electron chi connectivity index (χ4n) is 4.23. The van der Waals surface area contributed by atoms with Gasteiger partial charge in [0.15, 0.2) is 0 Å². The van der Waals surface area contributed by atoms with Crippen LogP contribution in [0.2, 0.25) is 5.02 Å². The SMILES string of the molecule is CC(NC1CC(C)(C)CC(C)(C)C1)c1ccccc1Cl. The Morgan fingerprint density at radius 2 is 1.65 bits per heavy atom. The largest absolute Gasteiger partial charge is 0.307 e. The summed E-state index contributed by atoms with van der Waals surface area (Å²) in [5.41, 5.74) is 2.04. The van der Waals surface area contributed by atoms with E-state index >= 15 is 0 Å². The molecule has 1 aliphatic carbocycles. The van der Waals surface area contributed by atoms with E-state index in [0.29, 0.717) is 22.9 Å². The molecule has 1 fully saturated rings. The molecule has 0 amide bonds. The second-order valence-corrected chi connectivity index (χ2v) is 8.43. The highest BCUT2D eigenvalue weighted by Crippen LogP contribution is 2.46. The van der Waals surface area contributed by atoms with E-state index in [-0.39, 0.29) is 0 Å². The summed E-state index contributed by atoms with van der Waals surface area (Å²) in [7, 11) is 0. The Balaban J connectivity index is 2.08. The fourth-order valence-corrected chi connectivity index (χ4v) is 4.53. The highest BCUT2D eigenvalue weighted by Gasteiger charge is 2.38. The molecular weight excluding hydrogens is 266 g/mol. The Hall–Kier alpha value is -0.530. The van der Waals surface area contributed by atoms with Crippen LogP contribution in [-0.2, 0) is 0 Å². The lowest BCUT2D eigenvalue weighted by molar-refractivity contribution is 0.0811. The Bertz CT molecular complexity index is 448. The highest BCUT2D eigenvalue weighted by molar-refractivity contribution is 6.31. The van der Waals surface area contributed by atoms with E-state index in [2.05, 4.69) is 52.1 Å². The van der Waals surface area contributed by atoms with Crippen molar-refractivity contribution in [2.75, 3.05) is 0 Å². The van der Waals surface area contributed by atoms with Crippen molar-refractivity contribution in [2.45, 2.75) is 66.0 Å². The van der Waals surface area contributed by atoms with Crippen LogP contribution >= 0.6 is 11.6 Å². The summed E-state index contributed by atoms with van der Waals surface area (Å²) in [4.78, 5) is 0. The fraction of sp³-hybridized carbons (Fsp3) is 0.667. The van der Waals surface area contributed by atoms with Crippen molar-refractivity contribution in [1.29, 1.82) is 0 Å². The molecule has 0 saturated heterocycles. The summed E-state index contributed by atoms with van der Waals surface area (Å²) in [5, 5.41) is 4.67. The third-order valence-electron chi connectivity index (χ3n) is 4.41. The zero-order valence-corrected chi connectivity index (χ0v) is 14.2. The van der Waals surface area contributed by atoms with E-state index in [1.165, 1.54) is 24.8 Å². The lowest BCUT2D eigenvalue weighted by atomic mass is 9.63. The molecule has 112 valence electrons. The molecule has 0 radical (unpaired) electrons. The number of hydrogen-bond acceptors (Lipinski definition) is 1. The van der Waals surface area contributed by atoms with Gasteiger partial charge in [0, 0.05) is 17.1 Å². The van der Waals surface area contributed by atoms with Gasteiger partial charge in [0.1, 0.15) is 0 Å². The molecule has 1 aromatic rings. The van der Waals surface area contributed by atoms with Crippen LogP contribution in [0, 0.1) is 10.8 Å². The van der Waals surface area contributed by atoms with Crippen LogP contribution in [0.25, 0.3) is 0 Å². The normalized spacial score (nSPS) is 23.5. The lowest BCUT2D eigenvalue weighted by Crippen LogP contribution is -2.44. The highest BCUT2D eigenvalue weighted by atomic mass is 35.5. The predicted octanol–water partition coefficient (Wildman–Crippen LogP) is 5.60. The summed E-state index contributed by atoms with van der Waals surface area (Å²) in [6.07, 6.45) is 3.79. The molecule has 1 N–H and O–H groups in total. The molecule has 1 nitrogen and oxygen atoms in total. The Kier molecular flexibility index (Phi) is 4.51. The summed E-state index contributed by atoms with van der Waals surface area (Å²) in [5.74, 6) is 0. The molecule has 2 rings (SSSR count). The van der Waals surface area contributed by atoms with Gasteiger partial charge in [0.2, 0.25) is 0 Å². The maximum atomic E-state index is 6.31. The van der Waals surface area contributed by atoms with Gasteiger partial charge in [-0.3, -0.25) is 0 Å². The monoisotopic (exact) mass is 293 g/mol. The van der Waals surface area contributed by atoms with Crippen molar-refractivity contribution in [2.24, 2.45) is 10.8 Å². The van der Waals surface area contributed by atoms with E-state index in [1.54, 1.807) is 0 Å². The van der Waals surface area contributed by atoms with Gasteiger partial charge in [-0.15, -0.1) is 0 Å². The first-order valence-electron chi connectivity index (χ1n) is 7.69. The third kappa shape index (κ3) is 3.99. The van der Waals surface area contributed by atoms with E-state index in [9.17, 15) is 0 Å². The van der Waals surface area contributed by atoms with Crippen molar-refractivity contribution < 1.29 is 0 Å². The molecule has 1 atom stereocenters. The van der Waals surface area contributed by atoms with Gasteiger partial charge in [0.25, 0.3) is 0 Å². The van der Waals surface area contributed by atoms with Crippen molar-refractivity contribution in [1.82, 2.24) is 5.32 Å². The summed E-state index contributed by atoms with van der Waals surface area (Å²) >= 11 is 6.31. The van der Waals surface area contributed by atoms with Crippen LogP contribution in [0.15, 0.2) is 24.3 Å². The Labute approximate surface area is 129 Å². The first-order valence-corrected chi connectivity index (χ1v) is 8.07. The molecular formula is C18H28ClN. The van der Waals surface area contributed by atoms with E-state index in [1.807, 2.05) is 12.1 Å². The Morgan fingerprint density at radius 3 is 2.20 bits per heavy atom. The maximum absolute atomic E-state index is 6.31. The quantitative estimate of drug-likeness (QED) is 0.765. The van der Waals surface area contributed by atoms with Gasteiger partial charge < -0.3 is 5.32 Å². The molecule has 1 unspecified atom stereocenters. The average Bonchev–Trinajstić information content (AvgIpc) is 2.24. The topological polar surface area (TPSA) is 12.0 Å². The van der Waals surface area contributed by atoms with E-state index in [0.717, 1.165) is 5.02 Å². The molecule has 0 heterocycles. The first kappa shape index (κ1) is 15.9. The average molecular weight is 294 g/mol. The summed E-state index contributed by atoms with van der Waals surface area (Å²) in [6, 6.07) is 9.03. The lowest BCUT2D eigenvalue weighted by Gasteiger charge is -2.46. The van der Waals surface area contributed by atoms with Gasteiger partial charge in [-0.05, 0) is 48.6 Å². The van der Waals surface area contributed by atoms with Crippen LogP contribution in [0.1, 0.15) is 65.5 Å². The summed E-state index contributed by atoms with van der Waals surface area (Å²) in [6.45, 7) is 11.8. The van der Waals surface area contributed by atoms with Gasteiger partial charge in [-0.1, -0.05) is 57.5 Å². The van der Waals surface area contributed by atoms with Gasteiger partial charge in [0.05, 0.1) is 0 Å².